The van der Waals surface area contributed by atoms with Crippen LogP contribution >= 0.6 is 11.3 Å². The van der Waals surface area contributed by atoms with Crippen molar-refractivity contribution in [2.75, 3.05) is 13.1 Å². The minimum absolute atomic E-state index is 0.169. The van der Waals surface area contributed by atoms with Gasteiger partial charge in [0.15, 0.2) is 5.69 Å². The Bertz CT molecular complexity index is 626. The number of rotatable bonds is 7. The molecule has 0 unspecified atom stereocenters. The summed E-state index contributed by atoms with van der Waals surface area (Å²) in [5, 5.41) is 10.8. The van der Waals surface area contributed by atoms with E-state index < -0.39 is 5.97 Å². The zero-order valence-corrected chi connectivity index (χ0v) is 13.0. The van der Waals surface area contributed by atoms with E-state index in [1.807, 2.05) is 24.4 Å². The third-order valence-electron chi connectivity index (χ3n) is 3.08. The van der Waals surface area contributed by atoms with Crippen molar-refractivity contribution in [2.45, 2.75) is 19.8 Å². The van der Waals surface area contributed by atoms with Crippen LogP contribution in [-0.4, -0.2) is 44.9 Å². The first-order valence-corrected chi connectivity index (χ1v) is 7.86. The zero-order valence-electron chi connectivity index (χ0n) is 12.2. The molecule has 0 aromatic carbocycles. The predicted molar refractivity (Wildman–Crippen MR) is 83.2 cm³/mol. The molecule has 116 valence electrons. The highest BCUT2D eigenvalue weighted by molar-refractivity contribution is 7.09. The number of carboxylic acid groups (broad SMARTS) is 1. The van der Waals surface area contributed by atoms with E-state index in [0.29, 0.717) is 13.1 Å². The number of amides is 1. The van der Waals surface area contributed by atoms with E-state index in [-0.39, 0.29) is 17.3 Å². The topological polar surface area (TPSA) is 83.4 Å². The summed E-state index contributed by atoms with van der Waals surface area (Å²) in [7, 11) is 0. The van der Waals surface area contributed by atoms with Gasteiger partial charge in [-0.25, -0.2) is 14.8 Å². The van der Waals surface area contributed by atoms with Gasteiger partial charge in [-0.1, -0.05) is 13.0 Å². The first-order chi connectivity index (χ1) is 10.6. The fraction of sp³-hybridized carbons (Fsp3) is 0.333. The van der Waals surface area contributed by atoms with Crippen molar-refractivity contribution >= 4 is 23.2 Å². The molecule has 2 aromatic heterocycles. The van der Waals surface area contributed by atoms with Crippen LogP contribution in [0.3, 0.4) is 0 Å². The van der Waals surface area contributed by atoms with Gasteiger partial charge in [0.05, 0.1) is 12.4 Å². The number of carbonyl (C=O) groups excluding carboxylic acids is 1. The largest absolute Gasteiger partial charge is 0.476 e. The molecule has 0 atom stereocenters. The van der Waals surface area contributed by atoms with Crippen LogP contribution in [0.25, 0.3) is 0 Å². The second-order valence-corrected chi connectivity index (χ2v) is 5.75. The second kappa shape index (κ2) is 7.65. The lowest BCUT2D eigenvalue weighted by Crippen LogP contribution is -2.34. The Morgan fingerprint density at radius 3 is 2.50 bits per heavy atom. The standard InChI is InChI=1S/C15H17N3O3S/c1-2-6-18(7-5-11-4-3-8-22-11)14(19)12-9-17-13(10-16-12)15(20)21/h3-4,8-10H,2,5-7H2,1H3,(H,20,21). The summed E-state index contributed by atoms with van der Waals surface area (Å²) in [6.07, 6.45) is 3.97. The number of hydrogen-bond acceptors (Lipinski definition) is 5. The number of aromatic carboxylic acids is 1. The van der Waals surface area contributed by atoms with Crippen LogP contribution in [0, 0.1) is 0 Å². The third kappa shape index (κ3) is 4.11. The molecular formula is C15H17N3O3S. The van der Waals surface area contributed by atoms with E-state index in [9.17, 15) is 9.59 Å². The lowest BCUT2D eigenvalue weighted by atomic mass is 10.2. The van der Waals surface area contributed by atoms with Crippen molar-refractivity contribution in [2.24, 2.45) is 0 Å². The van der Waals surface area contributed by atoms with Crippen molar-refractivity contribution < 1.29 is 14.7 Å². The Labute approximate surface area is 132 Å². The second-order valence-electron chi connectivity index (χ2n) is 4.71. The van der Waals surface area contributed by atoms with Crippen LogP contribution in [0.1, 0.15) is 39.2 Å². The molecule has 0 saturated carbocycles. The summed E-state index contributed by atoms with van der Waals surface area (Å²) < 4.78 is 0. The lowest BCUT2D eigenvalue weighted by Gasteiger charge is -2.21. The van der Waals surface area contributed by atoms with E-state index in [4.69, 9.17) is 5.11 Å². The zero-order chi connectivity index (χ0) is 15.9. The molecule has 2 aromatic rings. The number of carboxylic acids is 1. The summed E-state index contributed by atoms with van der Waals surface area (Å²) in [6, 6.07) is 4.03. The maximum absolute atomic E-state index is 12.5. The Kier molecular flexibility index (Phi) is 5.60. The van der Waals surface area contributed by atoms with Gasteiger partial charge in [0.1, 0.15) is 5.69 Å². The number of aromatic nitrogens is 2. The van der Waals surface area contributed by atoms with Crippen molar-refractivity contribution in [3.05, 3.63) is 46.2 Å². The number of carbonyl (C=O) groups is 2. The first kappa shape index (κ1) is 16.1. The highest BCUT2D eigenvalue weighted by atomic mass is 32.1. The quantitative estimate of drug-likeness (QED) is 0.847. The van der Waals surface area contributed by atoms with Crippen molar-refractivity contribution in [3.8, 4) is 0 Å². The number of nitrogens with zero attached hydrogens (tertiary/aromatic N) is 3. The first-order valence-electron chi connectivity index (χ1n) is 6.98. The van der Waals surface area contributed by atoms with Crippen LogP contribution in [0.4, 0.5) is 0 Å². The molecule has 0 aliphatic heterocycles. The molecule has 0 radical (unpaired) electrons. The fourth-order valence-electron chi connectivity index (χ4n) is 2.00. The van der Waals surface area contributed by atoms with E-state index in [1.54, 1.807) is 16.2 Å². The normalized spacial score (nSPS) is 10.4. The molecule has 0 bridgehead atoms. The lowest BCUT2D eigenvalue weighted by molar-refractivity contribution is 0.0685. The molecule has 0 fully saturated rings. The highest BCUT2D eigenvalue weighted by Gasteiger charge is 2.17. The van der Waals surface area contributed by atoms with Gasteiger partial charge in [-0.05, 0) is 24.3 Å². The molecule has 0 aliphatic carbocycles. The summed E-state index contributed by atoms with van der Waals surface area (Å²) in [5.41, 5.74) is 0.00167. The summed E-state index contributed by atoms with van der Waals surface area (Å²) in [5.74, 6) is -1.38. The van der Waals surface area contributed by atoms with Crippen molar-refractivity contribution in [1.29, 1.82) is 0 Å². The van der Waals surface area contributed by atoms with Gasteiger partial charge in [0.2, 0.25) is 0 Å². The maximum atomic E-state index is 12.5. The minimum atomic E-state index is -1.16. The van der Waals surface area contributed by atoms with Gasteiger partial charge in [0.25, 0.3) is 5.91 Å². The van der Waals surface area contributed by atoms with Gasteiger partial charge in [-0.15, -0.1) is 11.3 Å². The van der Waals surface area contributed by atoms with E-state index in [1.165, 1.54) is 11.1 Å². The molecule has 6 nitrogen and oxygen atoms in total. The maximum Gasteiger partial charge on any atom is 0.356 e. The van der Waals surface area contributed by atoms with Crippen LogP contribution in [-0.2, 0) is 6.42 Å². The summed E-state index contributed by atoms with van der Waals surface area (Å²) >= 11 is 1.66. The Hall–Kier alpha value is -2.28. The molecule has 0 aliphatic rings. The van der Waals surface area contributed by atoms with Crippen LogP contribution < -0.4 is 0 Å². The number of thiophene rings is 1. The van der Waals surface area contributed by atoms with Gasteiger partial charge in [-0.3, -0.25) is 4.79 Å². The molecule has 22 heavy (non-hydrogen) atoms. The van der Waals surface area contributed by atoms with E-state index >= 15 is 0 Å². The van der Waals surface area contributed by atoms with E-state index in [0.717, 1.165) is 19.0 Å². The predicted octanol–water partition coefficient (Wildman–Crippen LogP) is 2.33. The smallest absolute Gasteiger partial charge is 0.356 e. The fourth-order valence-corrected chi connectivity index (χ4v) is 2.69. The summed E-state index contributed by atoms with van der Waals surface area (Å²) in [4.78, 5) is 33.8. The van der Waals surface area contributed by atoms with Crippen molar-refractivity contribution in [3.63, 3.8) is 0 Å². The van der Waals surface area contributed by atoms with Crippen LogP contribution in [0.5, 0.6) is 0 Å². The molecule has 1 amide bonds. The van der Waals surface area contributed by atoms with Crippen LogP contribution in [0.2, 0.25) is 0 Å². The number of hydrogen-bond donors (Lipinski definition) is 1. The SMILES string of the molecule is CCCN(CCc1cccs1)C(=O)c1cnc(C(=O)O)cn1. The Morgan fingerprint density at radius 1 is 1.23 bits per heavy atom. The molecule has 1 N–H and O–H groups in total. The van der Waals surface area contributed by atoms with Gasteiger partial charge >= 0.3 is 5.97 Å². The minimum Gasteiger partial charge on any atom is -0.476 e. The van der Waals surface area contributed by atoms with Crippen LogP contribution in [0.15, 0.2) is 29.9 Å². The van der Waals surface area contributed by atoms with Crippen molar-refractivity contribution in [1.82, 2.24) is 14.9 Å². The molecule has 7 heteroatoms. The van der Waals surface area contributed by atoms with Gasteiger partial charge < -0.3 is 10.0 Å². The third-order valence-corrected chi connectivity index (χ3v) is 4.02. The monoisotopic (exact) mass is 319 g/mol. The van der Waals surface area contributed by atoms with Gasteiger partial charge in [0, 0.05) is 18.0 Å². The summed E-state index contributed by atoms with van der Waals surface area (Å²) in [6.45, 7) is 3.24. The molecule has 2 rings (SSSR count). The average Bonchev–Trinajstić information content (AvgIpc) is 3.04. The Balaban J connectivity index is 2.06. The molecule has 0 saturated heterocycles. The average molecular weight is 319 g/mol. The van der Waals surface area contributed by atoms with E-state index in [2.05, 4.69) is 9.97 Å². The highest BCUT2D eigenvalue weighted by Crippen LogP contribution is 2.11. The molecule has 2 heterocycles. The molecular weight excluding hydrogens is 302 g/mol. The molecule has 0 spiro atoms. The van der Waals surface area contributed by atoms with Gasteiger partial charge in [-0.2, -0.15) is 0 Å². The Morgan fingerprint density at radius 2 is 1.95 bits per heavy atom.